The van der Waals surface area contributed by atoms with Crippen LogP contribution in [0.1, 0.15) is 28.3 Å². The Balaban J connectivity index is 1.54. The highest BCUT2D eigenvalue weighted by Gasteiger charge is 2.32. The van der Waals surface area contributed by atoms with E-state index in [1.807, 2.05) is 50.2 Å². The van der Waals surface area contributed by atoms with E-state index in [0.29, 0.717) is 5.95 Å². The number of hydrogen-bond donors (Lipinski definition) is 1. The fraction of sp³-hybridized carbons (Fsp3) is 0.154. The summed E-state index contributed by atoms with van der Waals surface area (Å²) in [5.74, 6) is -0.438. The molecule has 1 amide bonds. The van der Waals surface area contributed by atoms with Gasteiger partial charge in [0.25, 0.3) is 5.95 Å². The maximum Gasteiger partial charge on any atom is 0.251 e. The van der Waals surface area contributed by atoms with E-state index in [9.17, 15) is 9.18 Å². The normalized spacial score (nSPS) is 15.0. The van der Waals surface area contributed by atoms with Crippen LogP contribution in [0.25, 0.3) is 5.70 Å². The van der Waals surface area contributed by atoms with E-state index in [1.165, 1.54) is 12.1 Å². The van der Waals surface area contributed by atoms with Gasteiger partial charge >= 0.3 is 0 Å². The van der Waals surface area contributed by atoms with Crippen LogP contribution in [0.2, 0.25) is 0 Å². The molecule has 1 N–H and O–H groups in total. The van der Waals surface area contributed by atoms with Crippen LogP contribution in [0.3, 0.4) is 0 Å². The highest BCUT2D eigenvalue weighted by Crippen LogP contribution is 2.36. The number of hydrogen-bond acceptors (Lipinski definition) is 5. The number of aryl methyl sites for hydroxylation is 2. The average Bonchev–Trinajstić information content (AvgIpc) is 3.32. The summed E-state index contributed by atoms with van der Waals surface area (Å²) in [6.45, 7) is 3.97. The molecule has 1 aromatic heterocycles. The molecule has 1 unspecified atom stereocenters. The summed E-state index contributed by atoms with van der Waals surface area (Å²) in [7, 11) is 0. The minimum atomic E-state index is -0.493. The molecule has 1 atom stereocenters. The number of nitrogens with one attached hydrogen (secondary N) is 1. The molecule has 7 nitrogen and oxygen atoms in total. The minimum Gasteiger partial charge on any atom is -0.322 e. The molecule has 0 aliphatic carbocycles. The number of aromatic nitrogens is 4. The molecular formula is C26H23FN6O. The maximum absolute atomic E-state index is 14.1. The van der Waals surface area contributed by atoms with Crippen molar-refractivity contribution in [2.24, 2.45) is 0 Å². The Morgan fingerprint density at radius 3 is 2.35 bits per heavy atom. The monoisotopic (exact) mass is 454 g/mol. The lowest BCUT2D eigenvalue weighted by Gasteiger charge is -2.32. The van der Waals surface area contributed by atoms with Crippen molar-refractivity contribution in [1.82, 2.24) is 20.2 Å². The number of para-hydroxylation sites is 1. The lowest BCUT2D eigenvalue weighted by Crippen LogP contribution is -2.37. The SMILES string of the molecule is Cc1ccc(C2=CC(c3ccc(C)cc3)n3nnnc3N2CC(=O)Nc2ccccc2F)cc1. The number of carbonyl (C=O) groups excluding carboxylic acids is 1. The van der Waals surface area contributed by atoms with Crippen LogP contribution in [0.15, 0.2) is 78.9 Å². The molecule has 34 heavy (non-hydrogen) atoms. The van der Waals surface area contributed by atoms with E-state index < -0.39 is 5.82 Å². The third-order valence-electron chi connectivity index (χ3n) is 5.80. The lowest BCUT2D eigenvalue weighted by molar-refractivity contribution is -0.114. The highest BCUT2D eigenvalue weighted by atomic mass is 19.1. The average molecular weight is 455 g/mol. The first-order valence-electron chi connectivity index (χ1n) is 10.9. The molecule has 170 valence electrons. The Hall–Kier alpha value is -4.33. The van der Waals surface area contributed by atoms with Gasteiger partial charge in [-0.1, -0.05) is 76.9 Å². The minimum absolute atomic E-state index is 0.0883. The first-order valence-corrected chi connectivity index (χ1v) is 10.9. The zero-order valence-electron chi connectivity index (χ0n) is 18.8. The van der Waals surface area contributed by atoms with Crippen LogP contribution in [-0.4, -0.2) is 32.7 Å². The number of tetrazole rings is 1. The van der Waals surface area contributed by atoms with Crippen LogP contribution in [0.4, 0.5) is 16.0 Å². The van der Waals surface area contributed by atoms with Crippen LogP contribution in [0, 0.1) is 19.7 Å². The summed E-state index contributed by atoms with van der Waals surface area (Å²) in [6, 6.07) is 22.1. The number of carbonyl (C=O) groups is 1. The summed E-state index contributed by atoms with van der Waals surface area (Å²) in [4.78, 5) is 14.7. The van der Waals surface area contributed by atoms with E-state index in [2.05, 4.69) is 39.1 Å². The van der Waals surface area contributed by atoms with Crippen molar-refractivity contribution in [3.63, 3.8) is 0 Å². The zero-order chi connectivity index (χ0) is 23.7. The van der Waals surface area contributed by atoms with Gasteiger partial charge < -0.3 is 5.32 Å². The number of halogens is 1. The van der Waals surface area contributed by atoms with Gasteiger partial charge in [-0.05, 0) is 53.6 Å². The van der Waals surface area contributed by atoms with Gasteiger partial charge in [-0.2, -0.15) is 4.68 Å². The fourth-order valence-corrected chi connectivity index (χ4v) is 3.99. The molecular weight excluding hydrogens is 431 g/mol. The van der Waals surface area contributed by atoms with Crippen molar-refractivity contribution in [2.45, 2.75) is 19.9 Å². The first-order chi connectivity index (χ1) is 16.5. The standard InChI is InChI=1S/C26H23FN6O/c1-17-7-11-19(12-8-17)23-15-24(20-13-9-18(2)10-14-20)33-26(29-30-31-33)32(23)16-25(34)28-22-6-4-3-5-21(22)27/h3-15,24H,16H2,1-2H3,(H,28,34). The first kappa shape index (κ1) is 21.5. The summed E-state index contributed by atoms with van der Waals surface area (Å²) in [5.41, 5.74) is 5.17. The van der Waals surface area contributed by atoms with Gasteiger partial charge in [0.15, 0.2) is 0 Å². The van der Waals surface area contributed by atoms with Crippen molar-refractivity contribution in [3.05, 3.63) is 107 Å². The Bertz CT molecular complexity index is 1360. The van der Waals surface area contributed by atoms with Gasteiger partial charge in [0.2, 0.25) is 5.91 Å². The molecule has 1 aliphatic rings. The smallest absolute Gasteiger partial charge is 0.251 e. The Morgan fingerprint density at radius 2 is 1.65 bits per heavy atom. The van der Waals surface area contributed by atoms with E-state index in [-0.39, 0.29) is 24.2 Å². The molecule has 2 heterocycles. The number of benzene rings is 3. The summed E-state index contributed by atoms with van der Waals surface area (Å²) >= 11 is 0. The maximum atomic E-state index is 14.1. The summed E-state index contributed by atoms with van der Waals surface area (Å²) in [5, 5.41) is 15.0. The zero-order valence-corrected chi connectivity index (χ0v) is 18.8. The predicted molar refractivity (Wildman–Crippen MR) is 129 cm³/mol. The predicted octanol–water partition coefficient (Wildman–Crippen LogP) is 4.52. The second-order valence-corrected chi connectivity index (χ2v) is 8.31. The van der Waals surface area contributed by atoms with E-state index >= 15 is 0 Å². The van der Waals surface area contributed by atoms with Crippen LogP contribution >= 0.6 is 0 Å². The Labute approximate surface area is 196 Å². The van der Waals surface area contributed by atoms with Gasteiger partial charge in [-0.15, -0.1) is 0 Å². The van der Waals surface area contributed by atoms with Crippen molar-refractivity contribution in [2.75, 3.05) is 16.8 Å². The third kappa shape index (κ3) is 4.17. The number of amides is 1. The second-order valence-electron chi connectivity index (χ2n) is 8.31. The number of nitrogens with zero attached hydrogens (tertiary/aromatic N) is 5. The van der Waals surface area contributed by atoms with Gasteiger partial charge in [0, 0.05) is 0 Å². The topological polar surface area (TPSA) is 75.9 Å². The van der Waals surface area contributed by atoms with Gasteiger partial charge in [-0.3, -0.25) is 9.69 Å². The number of rotatable bonds is 5. The Morgan fingerprint density at radius 1 is 0.971 bits per heavy atom. The van der Waals surface area contributed by atoms with Gasteiger partial charge in [0.1, 0.15) is 18.4 Å². The van der Waals surface area contributed by atoms with E-state index in [0.717, 1.165) is 28.0 Å². The number of allylic oxidation sites excluding steroid dienone is 1. The van der Waals surface area contributed by atoms with Crippen molar-refractivity contribution >= 4 is 23.2 Å². The highest BCUT2D eigenvalue weighted by molar-refractivity contribution is 5.97. The largest absolute Gasteiger partial charge is 0.322 e. The molecule has 0 bridgehead atoms. The molecule has 0 radical (unpaired) electrons. The molecule has 1 aliphatic heterocycles. The van der Waals surface area contributed by atoms with Crippen molar-refractivity contribution < 1.29 is 9.18 Å². The molecule has 3 aromatic carbocycles. The van der Waals surface area contributed by atoms with Crippen LogP contribution < -0.4 is 10.2 Å². The third-order valence-corrected chi connectivity index (χ3v) is 5.80. The Kier molecular flexibility index (Phi) is 5.63. The van der Waals surface area contributed by atoms with E-state index in [4.69, 9.17) is 0 Å². The number of fused-ring (bicyclic) bond motifs is 1. The summed E-state index contributed by atoms with van der Waals surface area (Å²) in [6.07, 6.45) is 2.05. The molecule has 0 saturated heterocycles. The number of anilines is 2. The van der Waals surface area contributed by atoms with Gasteiger partial charge in [-0.25, -0.2) is 4.39 Å². The molecule has 0 saturated carbocycles. The molecule has 4 aromatic rings. The van der Waals surface area contributed by atoms with Crippen molar-refractivity contribution in [3.8, 4) is 0 Å². The van der Waals surface area contributed by atoms with Gasteiger partial charge in [0.05, 0.1) is 11.4 Å². The lowest BCUT2D eigenvalue weighted by atomic mass is 9.99. The molecule has 0 spiro atoms. The molecule has 5 rings (SSSR count). The van der Waals surface area contributed by atoms with Crippen molar-refractivity contribution in [1.29, 1.82) is 0 Å². The molecule has 0 fully saturated rings. The van der Waals surface area contributed by atoms with Crippen LogP contribution in [0.5, 0.6) is 0 Å². The van der Waals surface area contributed by atoms with Crippen LogP contribution in [-0.2, 0) is 4.79 Å². The quantitative estimate of drug-likeness (QED) is 0.480. The molecule has 8 heteroatoms. The second kappa shape index (κ2) is 8.90. The van der Waals surface area contributed by atoms with E-state index in [1.54, 1.807) is 21.7 Å². The fourth-order valence-electron chi connectivity index (χ4n) is 3.99. The summed E-state index contributed by atoms with van der Waals surface area (Å²) < 4.78 is 15.8.